The number of hydrogen-bond donors (Lipinski definition) is 0. The lowest BCUT2D eigenvalue weighted by molar-refractivity contribution is 0.624. The molecule has 0 amide bonds. The van der Waals surface area contributed by atoms with Crippen LogP contribution in [0.4, 0.5) is 4.39 Å². The van der Waals surface area contributed by atoms with Gasteiger partial charge >= 0.3 is 0 Å². The van der Waals surface area contributed by atoms with Gasteiger partial charge in [0, 0.05) is 5.56 Å². The summed E-state index contributed by atoms with van der Waals surface area (Å²) in [6.45, 7) is 2.00. The van der Waals surface area contributed by atoms with Gasteiger partial charge in [0.15, 0.2) is 0 Å². The van der Waals surface area contributed by atoms with Crippen molar-refractivity contribution in [2.75, 3.05) is 0 Å². The average Bonchev–Trinajstić information content (AvgIpc) is 2.39. The van der Waals surface area contributed by atoms with E-state index in [0.29, 0.717) is 11.1 Å². The molecule has 86 valence electrons. The zero-order valence-corrected chi connectivity index (χ0v) is 9.87. The standard InChI is InChI=1S/C16H10FN/c1-12-2-4-13(5-3-12)6-8-15-9-7-14(11-18)10-16(15)17/h2-5,7,9-10H,1H3. The van der Waals surface area contributed by atoms with Crippen LogP contribution in [0.3, 0.4) is 0 Å². The summed E-state index contributed by atoms with van der Waals surface area (Å²) in [6.07, 6.45) is 0. The van der Waals surface area contributed by atoms with Gasteiger partial charge in [0.2, 0.25) is 0 Å². The predicted octanol–water partition coefficient (Wildman–Crippen LogP) is 3.41. The van der Waals surface area contributed by atoms with Crippen molar-refractivity contribution in [2.24, 2.45) is 0 Å². The van der Waals surface area contributed by atoms with Crippen molar-refractivity contribution >= 4 is 0 Å². The van der Waals surface area contributed by atoms with Gasteiger partial charge in [-0.25, -0.2) is 4.39 Å². The molecule has 0 aliphatic carbocycles. The summed E-state index contributed by atoms with van der Waals surface area (Å²) < 4.78 is 13.6. The van der Waals surface area contributed by atoms with Gasteiger partial charge in [-0.3, -0.25) is 0 Å². The molecule has 0 heterocycles. The fourth-order valence-corrected chi connectivity index (χ4v) is 1.46. The van der Waals surface area contributed by atoms with E-state index in [2.05, 4.69) is 11.8 Å². The lowest BCUT2D eigenvalue weighted by Gasteiger charge is -1.95. The maximum Gasteiger partial charge on any atom is 0.140 e. The highest BCUT2D eigenvalue weighted by Crippen LogP contribution is 2.09. The van der Waals surface area contributed by atoms with Gasteiger partial charge in [-0.1, -0.05) is 29.5 Å². The molecule has 0 N–H and O–H groups in total. The highest BCUT2D eigenvalue weighted by atomic mass is 19.1. The van der Waals surface area contributed by atoms with Crippen LogP contribution in [0.15, 0.2) is 42.5 Å². The number of rotatable bonds is 0. The molecule has 0 radical (unpaired) electrons. The highest BCUT2D eigenvalue weighted by Gasteiger charge is 2.00. The molecule has 0 bridgehead atoms. The molecule has 0 aromatic heterocycles. The van der Waals surface area contributed by atoms with Gasteiger partial charge in [-0.2, -0.15) is 5.26 Å². The van der Waals surface area contributed by atoms with E-state index in [0.717, 1.165) is 11.1 Å². The summed E-state index contributed by atoms with van der Waals surface area (Å²) in [5.41, 5.74) is 2.59. The van der Waals surface area contributed by atoms with E-state index in [1.807, 2.05) is 37.3 Å². The predicted molar refractivity (Wildman–Crippen MR) is 68.3 cm³/mol. The molecule has 0 saturated heterocycles. The summed E-state index contributed by atoms with van der Waals surface area (Å²) in [7, 11) is 0. The second-order valence-corrected chi connectivity index (χ2v) is 3.92. The van der Waals surface area contributed by atoms with Gasteiger partial charge in [0.25, 0.3) is 0 Å². The molecule has 0 fully saturated rings. The maximum atomic E-state index is 13.6. The van der Waals surface area contributed by atoms with E-state index in [9.17, 15) is 4.39 Å². The SMILES string of the molecule is Cc1ccc(C#Cc2ccc(C#N)cc2F)cc1. The molecule has 0 aliphatic heterocycles. The first-order chi connectivity index (χ1) is 8.69. The molecule has 0 aliphatic rings. The number of benzene rings is 2. The quantitative estimate of drug-likeness (QED) is 0.642. The first-order valence-corrected chi connectivity index (χ1v) is 5.47. The van der Waals surface area contributed by atoms with Crippen molar-refractivity contribution in [1.82, 2.24) is 0 Å². The lowest BCUT2D eigenvalue weighted by atomic mass is 10.1. The average molecular weight is 235 g/mol. The zero-order valence-electron chi connectivity index (χ0n) is 9.87. The van der Waals surface area contributed by atoms with Crippen LogP contribution in [0.2, 0.25) is 0 Å². The topological polar surface area (TPSA) is 23.8 Å². The van der Waals surface area contributed by atoms with Gasteiger partial charge in [-0.15, -0.1) is 0 Å². The number of nitriles is 1. The second-order valence-electron chi connectivity index (χ2n) is 3.92. The van der Waals surface area contributed by atoms with Crippen LogP contribution in [0.25, 0.3) is 0 Å². The Morgan fingerprint density at radius 1 is 0.944 bits per heavy atom. The molecule has 0 atom stereocenters. The van der Waals surface area contributed by atoms with Gasteiger partial charge in [0.05, 0.1) is 17.2 Å². The van der Waals surface area contributed by atoms with Gasteiger partial charge in [0.1, 0.15) is 5.82 Å². The van der Waals surface area contributed by atoms with Gasteiger partial charge < -0.3 is 0 Å². The summed E-state index contributed by atoms with van der Waals surface area (Å²) in [6, 6.07) is 13.9. The summed E-state index contributed by atoms with van der Waals surface area (Å²) in [5, 5.41) is 8.63. The number of hydrogen-bond acceptors (Lipinski definition) is 1. The van der Waals surface area contributed by atoms with Gasteiger partial charge in [-0.05, 0) is 37.3 Å². The molecule has 18 heavy (non-hydrogen) atoms. The fourth-order valence-electron chi connectivity index (χ4n) is 1.46. The van der Waals surface area contributed by atoms with E-state index in [1.165, 1.54) is 12.1 Å². The normalized spacial score (nSPS) is 9.17. The van der Waals surface area contributed by atoms with E-state index in [4.69, 9.17) is 5.26 Å². The zero-order chi connectivity index (χ0) is 13.0. The van der Waals surface area contributed by atoms with Crippen LogP contribution in [0.1, 0.15) is 22.3 Å². The molecule has 1 nitrogen and oxygen atoms in total. The van der Waals surface area contributed by atoms with Crippen molar-refractivity contribution in [3.63, 3.8) is 0 Å². The number of aryl methyl sites for hydroxylation is 1. The third kappa shape index (κ3) is 2.75. The second kappa shape index (κ2) is 5.17. The van der Waals surface area contributed by atoms with Crippen LogP contribution in [0.5, 0.6) is 0 Å². The Morgan fingerprint density at radius 2 is 1.61 bits per heavy atom. The Kier molecular flexibility index (Phi) is 3.41. The summed E-state index contributed by atoms with van der Waals surface area (Å²) in [5.74, 6) is 5.19. The van der Waals surface area contributed by atoms with Crippen LogP contribution in [-0.2, 0) is 0 Å². The van der Waals surface area contributed by atoms with Crippen LogP contribution >= 0.6 is 0 Å². The Balaban J connectivity index is 2.30. The summed E-state index contributed by atoms with van der Waals surface area (Å²) in [4.78, 5) is 0. The van der Waals surface area contributed by atoms with Crippen LogP contribution in [-0.4, -0.2) is 0 Å². The molecule has 2 aromatic rings. The molecule has 0 saturated carbocycles. The van der Waals surface area contributed by atoms with E-state index < -0.39 is 5.82 Å². The third-order valence-electron chi connectivity index (χ3n) is 2.49. The molecule has 0 unspecified atom stereocenters. The maximum absolute atomic E-state index is 13.6. The largest absolute Gasteiger partial charge is 0.206 e. The first-order valence-electron chi connectivity index (χ1n) is 5.47. The third-order valence-corrected chi connectivity index (χ3v) is 2.49. The van der Waals surface area contributed by atoms with E-state index in [1.54, 1.807) is 6.07 Å². The molecule has 2 rings (SSSR count). The first kappa shape index (κ1) is 11.9. The van der Waals surface area contributed by atoms with Crippen molar-refractivity contribution in [3.05, 3.63) is 70.5 Å². The fraction of sp³-hybridized carbons (Fsp3) is 0.0625. The van der Waals surface area contributed by atoms with E-state index in [-0.39, 0.29) is 0 Å². The Labute approximate surface area is 106 Å². The Morgan fingerprint density at radius 3 is 2.22 bits per heavy atom. The smallest absolute Gasteiger partial charge is 0.140 e. The minimum absolute atomic E-state index is 0.299. The number of nitrogens with zero attached hydrogens (tertiary/aromatic N) is 1. The van der Waals surface area contributed by atoms with Crippen molar-refractivity contribution in [3.8, 4) is 17.9 Å². The van der Waals surface area contributed by atoms with E-state index >= 15 is 0 Å². The summed E-state index contributed by atoms with van der Waals surface area (Å²) >= 11 is 0. The molecule has 0 spiro atoms. The molecule has 2 heteroatoms. The molecule has 2 aromatic carbocycles. The molecular weight excluding hydrogens is 225 g/mol. The minimum Gasteiger partial charge on any atom is -0.206 e. The monoisotopic (exact) mass is 235 g/mol. The Bertz CT molecular complexity index is 667. The lowest BCUT2D eigenvalue weighted by Crippen LogP contribution is -1.85. The van der Waals surface area contributed by atoms with Crippen LogP contribution < -0.4 is 0 Å². The highest BCUT2D eigenvalue weighted by molar-refractivity contribution is 5.46. The molecular formula is C16H10FN. The van der Waals surface area contributed by atoms with Crippen molar-refractivity contribution in [2.45, 2.75) is 6.92 Å². The minimum atomic E-state index is -0.464. The van der Waals surface area contributed by atoms with Crippen LogP contribution in [0, 0.1) is 35.9 Å². The van der Waals surface area contributed by atoms with Crippen molar-refractivity contribution in [1.29, 1.82) is 5.26 Å². The van der Waals surface area contributed by atoms with Crippen molar-refractivity contribution < 1.29 is 4.39 Å². The Hall–Kier alpha value is -2.58. The number of halogens is 1.